The Morgan fingerprint density at radius 3 is 2.78 bits per heavy atom. The molecule has 2 unspecified atom stereocenters. The molecule has 0 saturated carbocycles. The number of benzene rings is 1. The average molecular weight is 330 g/mol. The van der Waals surface area contributed by atoms with Gasteiger partial charge in [-0.05, 0) is 31.0 Å². The summed E-state index contributed by atoms with van der Waals surface area (Å²) in [4.78, 5) is 11.1. The smallest absolute Gasteiger partial charge is 0.222 e. The Kier molecular flexibility index (Phi) is 2.75. The predicted octanol–water partition coefficient (Wildman–Crippen LogP) is 2.55. The van der Waals surface area contributed by atoms with Gasteiger partial charge in [0.25, 0.3) is 0 Å². The van der Waals surface area contributed by atoms with E-state index in [1.165, 1.54) is 12.8 Å². The molecule has 5 rings (SSSR count). The summed E-state index contributed by atoms with van der Waals surface area (Å²) in [5.41, 5.74) is 8.14. The first kappa shape index (κ1) is 13.4. The molecular formula is C16H16ClN5O. The molecule has 0 spiro atoms. The number of halogens is 1. The maximum Gasteiger partial charge on any atom is 0.222 e. The van der Waals surface area contributed by atoms with Crippen LogP contribution in [0.3, 0.4) is 0 Å². The normalized spacial score (nSPS) is 24.0. The van der Waals surface area contributed by atoms with E-state index in [4.69, 9.17) is 21.8 Å². The van der Waals surface area contributed by atoms with Crippen molar-refractivity contribution in [2.45, 2.75) is 24.9 Å². The summed E-state index contributed by atoms with van der Waals surface area (Å²) in [7, 11) is 0. The van der Waals surface area contributed by atoms with Crippen molar-refractivity contribution in [2.24, 2.45) is 0 Å². The lowest BCUT2D eigenvalue weighted by molar-refractivity contribution is 0.463. The quantitative estimate of drug-likeness (QED) is 0.714. The van der Waals surface area contributed by atoms with Crippen LogP contribution in [-0.4, -0.2) is 35.1 Å². The van der Waals surface area contributed by atoms with E-state index in [0.29, 0.717) is 22.7 Å². The van der Waals surface area contributed by atoms with E-state index < -0.39 is 0 Å². The molecule has 2 bridgehead atoms. The summed E-state index contributed by atoms with van der Waals surface area (Å²) in [5.74, 6) is 1.05. The molecule has 2 aliphatic heterocycles. The lowest BCUT2D eigenvalue weighted by Gasteiger charge is -2.33. The number of aromatic nitrogens is 2. The van der Waals surface area contributed by atoms with Crippen LogP contribution in [0.25, 0.3) is 22.1 Å². The second-order valence-corrected chi connectivity index (χ2v) is 6.80. The molecular weight excluding hydrogens is 314 g/mol. The molecule has 0 amide bonds. The third kappa shape index (κ3) is 2.05. The summed E-state index contributed by atoms with van der Waals surface area (Å²) in [6.07, 6.45) is 2.42. The SMILES string of the molecule is Nc1nc(N2CC3CCC(C2)N3)c2oc3ccc(Cl)cc3c2n1. The predicted molar refractivity (Wildman–Crippen MR) is 90.9 cm³/mol. The van der Waals surface area contributed by atoms with E-state index in [2.05, 4.69) is 20.2 Å². The second-order valence-electron chi connectivity index (χ2n) is 6.37. The molecule has 23 heavy (non-hydrogen) atoms. The van der Waals surface area contributed by atoms with Gasteiger partial charge in [0.15, 0.2) is 11.4 Å². The van der Waals surface area contributed by atoms with Crippen molar-refractivity contribution in [2.75, 3.05) is 23.7 Å². The number of nitrogens with zero attached hydrogens (tertiary/aromatic N) is 3. The number of hydrogen-bond donors (Lipinski definition) is 2. The third-order valence-electron chi connectivity index (χ3n) is 4.79. The van der Waals surface area contributed by atoms with Crippen molar-refractivity contribution in [1.29, 1.82) is 0 Å². The molecule has 2 aromatic heterocycles. The summed E-state index contributed by atoms with van der Waals surface area (Å²) < 4.78 is 6.04. The van der Waals surface area contributed by atoms with Gasteiger partial charge in [0.2, 0.25) is 5.95 Å². The number of nitrogen functional groups attached to an aromatic ring is 1. The van der Waals surface area contributed by atoms with E-state index in [0.717, 1.165) is 35.4 Å². The lowest BCUT2D eigenvalue weighted by Crippen LogP contribution is -2.51. The van der Waals surface area contributed by atoms with Gasteiger partial charge >= 0.3 is 0 Å². The Bertz CT molecular complexity index is 912. The summed E-state index contributed by atoms with van der Waals surface area (Å²) in [6.45, 7) is 1.83. The van der Waals surface area contributed by atoms with E-state index in [-0.39, 0.29) is 5.95 Å². The largest absolute Gasteiger partial charge is 0.450 e. The van der Waals surface area contributed by atoms with Crippen LogP contribution in [0.2, 0.25) is 5.02 Å². The van der Waals surface area contributed by atoms with E-state index in [9.17, 15) is 0 Å². The van der Waals surface area contributed by atoms with Crippen molar-refractivity contribution >= 4 is 45.4 Å². The molecule has 2 aliphatic rings. The third-order valence-corrected chi connectivity index (χ3v) is 5.02. The van der Waals surface area contributed by atoms with Gasteiger partial charge in [-0.3, -0.25) is 0 Å². The van der Waals surface area contributed by atoms with Crippen LogP contribution in [0, 0.1) is 0 Å². The van der Waals surface area contributed by atoms with Crippen LogP contribution in [-0.2, 0) is 0 Å². The number of nitrogens with one attached hydrogen (secondary N) is 1. The minimum absolute atomic E-state index is 0.265. The van der Waals surface area contributed by atoms with Crippen LogP contribution in [0.4, 0.5) is 11.8 Å². The zero-order valence-electron chi connectivity index (χ0n) is 12.4. The number of anilines is 2. The number of hydrogen-bond acceptors (Lipinski definition) is 6. The first-order valence-electron chi connectivity index (χ1n) is 7.83. The zero-order chi connectivity index (χ0) is 15.6. The van der Waals surface area contributed by atoms with Gasteiger partial charge in [0.05, 0.1) is 0 Å². The fraction of sp³-hybridized carbons (Fsp3) is 0.375. The van der Waals surface area contributed by atoms with Gasteiger partial charge in [0.1, 0.15) is 11.1 Å². The van der Waals surface area contributed by atoms with E-state index in [1.807, 2.05) is 18.2 Å². The molecule has 3 N–H and O–H groups in total. The van der Waals surface area contributed by atoms with Crippen LogP contribution in [0.15, 0.2) is 22.6 Å². The highest BCUT2D eigenvalue weighted by molar-refractivity contribution is 6.31. The van der Waals surface area contributed by atoms with Crippen molar-refractivity contribution < 1.29 is 4.42 Å². The maximum atomic E-state index is 6.12. The molecule has 2 saturated heterocycles. The maximum absolute atomic E-state index is 6.12. The Hall–Kier alpha value is -2.05. The molecule has 7 heteroatoms. The number of furan rings is 1. The minimum atomic E-state index is 0.265. The van der Waals surface area contributed by atoms with Gasteiger partial charge in [-0.25, -0.2) is 4.98 Å². The highest BCUT2D eigenvalue weighted by Crippen LogP contribution is 2.36. The first-order valence-corrected chi connectivity index (χ1v) is 8.21. The molecule has 4 heterocycles. The lowest BCUT2D eigenvalue weighted by atomic mass is 10.2. The molecule has 3 aromatic rings. The van der Waals surface area contributed by atoms with E-state index >= 15 is 0 Å². The highest BCUT2D eigenvalue weighted by atomic mass is 35.5. The average Bonchev–Trinajstić information content (AvgIpc) is 3.06. The molecule has 0 aliphatic carbocycles. The second kappa shape index (κ2) is 4.72. The van der Waals surface area contributed by atoms with Crippen LogP contribution >= 0.6 is 11.6 Å². The summed E-state index contributed by atoms with van der Waals surface area (Å²) in [6, 6.07) is 6.56. The number of rotatable bonds is 1. The van der Waals surface area contributed by atoms with Gasteiger partial charge in [0, 0.05) is 35.6 Å². The molecule has 0 radical (unpaired) electrons. The zero-order valence-corrected chi connectivity index (χ0v) is 13.2. The Morgan fingerprint density at radius 1 is 1.22 bits per heavy atom. The molecule has 2 atom stereocenters. The summed E-state index contributed by atoms with van der Waals surface area (Å²) >= 11 is 6.12. The van der Waals surface area contributed by atoms with Gasteiger partial charge in [-0.15, -0.1) is 0 Å². The fourth-order valence-electron chi connectivity index (χ4n) is 3.80. The highest BCUT2D eigenvalue weighted by Gasteiger charge is 2.34. The van der Waals surface area contributed by atoms with Crippen molar-refractivity contribution in [1.82, 2.24) is 15.3 Å². The van der Waals surface area contributed by atoms with Crippen molar-refractivity contribution in [3.05, 3.63) is 23.2 Å². The molecule has 6 nitrogen and oxygen atoms in total. The van der Waals surface area contributed by atoms with Crippen LogP contribution in [0.1, 0.15) is 12.8 Å². The minimum Gasteiger partial charge on any atom is -0.450 e. The number of nitrogens with two attached hydrogens (primary N) is 1. The monoisotopic (exact) mass is 329 g/mol. The molecule has 2 fully saturated rings. The molecule has 1 aromatic carbocycles. The standard InChI is InChI=1S/C16H16ClN5O/c17-8-1-4-12-11(5-8)13-14(23-12)15(21-16(18)20-13)22-6-9-2-3-10(7-22)19-9/h1,4-5,9-10,19H,2-3,6-7H2,(H2,18,20,21). The molecule has 118 valence electrons. The Labute approximate surface area is 137 Å². The summed E-state index contributed by atoms with van der Waals surface area (Å²) in [5, 5.41) is 5.15. The fourth-order valence-corrected chi connectivity index (χ4v) is 3.97. The van der Waals surface area contributed by atoms with Crippen LogP contribution < -0.4 is 16.0 Å². The van der Waals surface area contributed by atoms with Crippen LogP contribution in [0.5, 0.6) is 0 Å². The Morgan fingerprint density at radius 2 is 2.00 bits per heavy atom. The van der Waals surface area contributed by atoms with Crippen molar-refractivity contribution in [3.63, 3.8) is 0 Å². The number of piperazine rings is 1. The van der Waals surface area contributed by atoms with Gasteiger partial charge in [-0.2, -0.15) is 4.98 Å². The first-order chi connectivity index (χ1) is 11.2. The Balaban J connectivity index is 1.73. The van der Waals surface area contributed by atoms with Gasteiger partial charge in [-0.1, -0.05) is 11.6 Å². The topological polar surface area (TPSA) is 80.2 Å². The van der Waals surface area contributed by atoms with E-state index in [1.54, 1.807) is 0 Å². The number of fused-ring (bicyclic) bond motifs is 5. The van der Waals surface area contributed by atoms with Gasteiger partial charge < -0.3 is 20.4 Å². The van der Waals surface area contributed by atoms with Crippen molar-refractivity contribution in [3.8, 4) is 0 Å².